The molecule has 0 bridgehead atoms. The van der Waals surface area contributed by atoms with Gasteiger partial charge in [-0.15, -0.1) is 0 Å². The summed E-state index contributed by atoms with van der Waals surface area (Å²) in [6.45, 7) is 7.47. The molecule has 1 atom stereocenters. The van der Waals surface area contributed by atoms with Crippen molar-refractivity contribution in [1.29, 1.82) is 0 Å². The first-order valence-corrected chi connectivity index (χ1v) is 9.28. The Labute approximate surface area is 170 Å². The van der Waals surface area contributed by atoms with Crippen molar-refractivity contribution in [3.05, 3.63) is 46.9 Å². The maximum absolute atomic E-state index is 12.2. The number of benzene rings is 1. The standard InChI is InChI=1S/C21H27N3O5/c1-7-27-19-11-16(8-9-18(19)29-15(4)21(26)24(5)6)12-22-23-20(25)17-10-13(2)28-14(17)3/h8-12,15H,7H2,1-6H3,(H,23,25)/b22-12-/t15-/m0/s1. The lowest BCUT2D eigenvalue weighted by Gasteiger charge is -2.20. The van der Waals surface area contributed by atoms with E-state index in [9.17, 15) is 9.59 Å². The third-order valence-corrected chi connectivity index (χ3v) is 4.03. The number of furan rings is 1. The Hall–Kier alpha value is -3.29. The number of amides is 2. The van der Waals surface area contributed by atoms with Gasteiger partial charge in [0.2, 0.25) is 0 Å². The van der Waals surface area contributed by atoms with E-state index in [1.54, 1.807) is 59.1 Å². The number of hydrazone groups is 1. The molecule has 1 heterocycles. The summed E-state index contributed by atoms with van der Waals surface area (Å²) >= 11 is 0. The van der Waals surface area contributed by atoms with Crippen LogP contribution in [-0.2, 0) is 4.79 Å². The minimum absolute atomic E-state index is 0.148. The van der Waals surface area contributed by atoms with Crippen molar-refractivity contribution in [1.82, 2.24) is 10.3 Å². The van der Waals surface area contributed by atoms with Crippen LogP contribution in [0.25, 0.3) is 0 Å². The normalized spacial score (nSPS) is 11.9. The molecular formula is C21H27N3O5. The van der Waals surface area contributed by atoms with E-state index in [1.807, 2.05) is 6.92 Å². The Kier molecular flexibility index (Phi) is 7.41. The highest BCUT2D eigenvalue weighted by atomic mass is 16.5. The molecule has 1 aromatic carbocycles. The van der Waals surface area contributed by atoms with Gasteiger partial charge in [0.25, 0.3) is 11.8 Å². The van der Waals surface area contributed by atoms with E-state index >= 15 is 0 Å². The maximum Gasteiger partial charge on any atom is 0.274 e. The lowest BCUT2D eigenvalue weighted by atomic mass is 10.2. The SMILES string of the molecule is CCOc1cc(/C=N\NC(=O)c2cc(C)oc2C)ccc1O[C@@H](C)C(=O)N(C)C. The molecule has 0 fully saturated rings. The largest absolute Gasteiger partial charge is 0.490 e. The van der Waals surface area contributed by atoms with E-state index in [2.05, 4.69) is 10.5 Å². The van der Waals surface area contributed by atoms with Crippen molar-refractivity contribution in [2.45, 2.75) is 33.8 Å². The molecule has 2 amide bonds. The quantitative estimate of drug-likeness (QED) is 0.542. The molecular weight excluding hydrogens is 374 g/mol. The van der Waals surface area contributed by atoms with Crippen LogP contribution in [0, 0.1) is 13.8 Å². The van der Waals surface area contributed by atoms with E-state index in [0.717, 1.165) is 0 Å². The van der Waals surface area contributed by atoms with Crippen LogP contribution in [0.1, 0.15) is 41.3 Å². The third-order valence-electron chi connectivity index (χ3n) is 4.03. The number of likely N-dealkylation sites (N-methyl/N-ethyl adjacent to an activating group) is 1. The molecule has 0 spiro atoms. The Morgan fingerprint density at radius 3 is 2.55 bits per heavy atom. The predicted molar refractivity (Wildman–Crippen MR) is 110 cm³/mol. The Bertz CT molecular complexity index is 902. The van der Waals surface area contributed by atoms with Gasteiger partial charge >= 0.3 is 0 Å². The summed E-state index contributed by atoms with van der Waals surface area (Å²) in [4.78, 5) is 25.7. The highest BCUT2D eigenvalue weighted by Gasteiger charge is 2.18. The number of hydrogen-bond acceptors (Lipinski definition) is 6. The van der Waals surface area contributed by atoms with Crippen molar-refractivity contribution in [3.8, 4) is 11.5 Å². The fourth-order valence-corrected chi connectivity index (χ4v) is 2.66. The monoisotopic (exact) mass is 401 g/mol. The number of nitrogens with zero attached hydrogens (tertiary/aromatic N) is 2. The lowest BCUT2D eigenvalue weighted by molar-refractivity contribution is -0.135. The molecule has 0 radical (unpaired) electrons. The number of carbonyl (C=O) groups excluding carboxylic acids is 2. The Morgan fingerprint density at radius 1 is 1.24 bits per heavy atom. The van der Waals surface area contributed by atoms with Gasteiger partial charge in [-0.2, -0.15) is 5.10 Å². The van der Waals surface area contributed by atoms with E-state index < -0.39 is 6.10 Å². The molecule has 0 unspecified atom stereocenters. The topological polar surface area (TPSA) is 93.4 Å². The zero-order chi connectivity index (χ0) is 21.6. The zero-order valence-electron chi connectivity index (χ0n) is 17.6. The molecule has 0 aliphatic heterocycles. The van der Waals surface area contributed by atoms with Crippen molar-refractivity contribution in [2.24, 2.45) is 5.10 Å². The molecule has 2 rings (SSSR count). The molecule has 8 heteroatoms. The number of aryl methyl sites for hydroxylation is 2. The van der Waals surface area contributed by atoms with Crippen molar-refractivity contribution >= 4 is 18.0 Å². The van der Waals surface area contributed by atoms with E-state index in [-0.39, 0.29) is 11.8 Å². The average Bonchev–Trinajstić information content (AvgIpc) is 3.01. The second kappa shape index (κ2) is 9.77. The number of hydrogen-bond donors (Lipinski definition) is 1. The molecule has 0 saturated carbocycles. The van der Waals surface area contributed by atoms with Gasteiger partial charge in [0.1, 0.15) is 11.5 Å². The van der Waals surface area contributed by atoms with Crippen LogP contribution in [0.3, 0.4) is 0 Å². The number of ether oxygens (including phenoxy) is 2. The highest BCUT2D eigenvalue weighted by molar-refractivity contribution is 5.95. The zero-order valence-corrected chi connectivity index (χ0v) is 17.6. The summed E-state index contributed by atoms with van der Waals surface area (Å²) < 4.78 is 16.7. The third kappa shape index (κ3) is 5.84. The van der Waals surface area contributed by atoms with Gasteiger partial charge in [-0.3, -0.25) is 9.59 Å². The Morgan fingerprint density at radius 2 is 1.97 bits per heavy atom. The van der Waals surface area contributed by atoms with E-state index in [4.69, 9.17) is 13.9 Å². The minimum Gasteiger partial charge on any atom is -0.490 e. The van der Waals surface area contributed by atoms with Crippen molar-refractivity contribution < 1.29 is 23.5 Å². The van der Waals surface area contributed by atoms with Gasteiger partial charge in [0.15, 0.2) is 17.6 Å². The van der Waals surface area contributed by atoms with Crippen molar-refractivity contribution in [2.75, 3.05) is 20.7 Å². The molecule has 0 aliphatic carbocycles. The van der Waals surface area contributed by atoms with Gasteiger partial charge in [-0.25, -0.2) is 5.43 Å². The summed E-state index contributed by atoms with van der Waals surface area (Å²) in [5.74, 6) is 1.65. The van der Waals surface area contributed by atoms with Gasteiger partial charge in [0, 0.05) is 14.1 Å². The average molecular weight is 401 g/mol. The maximum atomic E-state index is 12.2. The first kappa shape index (κ1) is 22.0. The van der Waals surface area contributed by atoms with Gasteiger partial charge in [-0.1, -0.05) is 0 Å². The van der Waals surface area contributed by atoms with E-state index in [1.165, 1.54) is 11.1 Å². The van der Waals surface area contributed by atoms with Gasteiger partial charge in [0.05, 0.1) is 18.4 Å². The molecule has 0 aliphatic rings. The van der Waals surface area contributed by atoms with Gasteiger partial charge < -0.3 is 18.8 Å². The fourth-order valence-electron chi connectivity index (χ4n) is 2.66. The lowest BCUT2D eigenvalue weighted by Crippen LogP contribution is -2.35. The van der Waals surface area contributed by atoms with Crippen LogP contribution >= 0.6 is 0 Å². The predicted octanol–water partition coefficient (Wildman–Crippen LogP) is 2.91. The molecule has 0 saturated heterocycles. The molecule has 29 heavy (non-hydrogen) atoms. The second-order valence-electron chi connectivity index (χ2n) is 6.66. The van der Waals surface area contributed by atoms with Crippen LogP contribution in [0.2, 0.25) is 0 Å². The molecule has 1 aromatic heterocycles. The molecule has 1 N–H and O–H groups in total. The second-order valence-corrected chi connectivity index (χ2v) is 6.66. The van der Waals surface area contributed by atoms with Crippen LogP contribution in [0.4, 0.5) is 0 Å². The summed E-state index contributed by atoms with van der Waals surface area (Å²) in [5.41, 5.74) is 3.62. The summed E-state index contributed by atoms with van der Waals surface area (Å²) in [5, 5.41) is 3.99. The fraction of sp³-hybridized carbons (Fsp3) is 0.381. The molecule has 2 aromatic rings. The van der Waals surface area contributed by atoms with Crippen LogP contribution in [0.15, 0.2) is 33.8 Å². The Balaban J connectivity index is 2.10. The highest BCUT2D eigenvalue weighted by Crippen LogP contribution is 2.29. The number of rotatable bonds is 8. The number of nitrogens with one attached hydrogen (secondary N) is 1. The smallest absolute Gasteiger partial charge is 0.274 e. The molecule has 8 nitrogen and oxygen atoms in total. The van der Waals surface area contributed by atoms with Crippen LogP contribution in [0.5, 0.6) is 11.5 Å². The van der Waals surface area contributed by atoms with Gasteiger partial charge in [-0.05, 0) is 57.5 Å². The van der Waals surface area contributed by atoms with Crippen molar-refractivity contribution in [3.63, 3.8) is 0 Å². The van der Waals surface area contributed by atoms with Crippen LogP contribution in [-0.4, -0.2) is 49.7 Å². The van der Waals surface area contributed by atoms with Crippen LogP contribution < -0.4 is 14.9 Å². The summed E-state index contributed by atoms with van der Waals surface area (Å²) in [6.07, 6.45) is 0.852. The first-order chi connectivity index (χ1) is 13.7. The minimum atomic E-state index is -0.648. The van der Waals surface area contributed by atoms with E-state index in [0.29, 0.717) is 40.8 Å². The summed E-state index contributed by atoms with van der Waals surface area (Å²) in [7, 11) is 3.34. The first-order valence-electron chi connectivity index (χ1n) is 9.28. The molecule has 156 valence electrons. The summed E-state index contributed by atoms with van der Waals surface area (Å²) in [6, 6.07) is 6.86. The number of carbonyl (C=O) groups is 2.